The number of unbranched alkanes of at least 4 members (excludes halogenated alkanes) is 1. The van der Waals surface area contributed by atoms with Crippen LogP contribution in [0.5, 0.6) is 5.75 Å². The molecule has 0 bridgehead atoms. The van der Waals surface area contributed by atoms with Gasteiger partial charge in [0.05, 0.1) is 16.9 Å². The van der Waals surface area contributed by atoms with Crippen LogP contribution < -0.4 is 10.1 Å². The molecule has 0 aliphatic heterocycles. The first-order valence-electron chi connectivity index (χ1n) is 12.2. The van der Waals surface area contributed by atoms with Crippen LogP contribution in [0.4, 0.5) is 15.3 Å². The van der Waals surface area contributed by atoms with Crippen LogP contribution in [0.1, 0.15) is 36.8 Å². The lowest BCUT2D eigenvalue weighted by molar-refractivity contribution is 0.144. The van der Waals surface area contributed by atoms with Crippen molar-refractivity contribution in [1.82, 2.24) is 19.4 Å². The maximum Gasteiger partial charge on any atom is 0.511 e. The van der Waals surface area contributed by atoms with E-state index in [4.69, 9.17) is 14.8 Å². The van der Waals surface area contributed by atoms with Crippen molar-refractivity contribution in [2.75, 3.05) is 19.4 Å². The highest BCUT2D eigenvalue weighted by atomic mass is 16.7. The molecular formula is C28H31N5O4. The number of para-hydroxylation sites is 1. The molecule has 0 unspecified atom stereocenters. The van der Waals surface area contributed by atoms with Crippen molar-refractivity contribution < 1.29 is 19.4 Å². The Hall–Kier alpha value is -4.40. The molecule has 4 rings (SSSR count). The zero-order valence-corrected chi connectivity index (χ0v) is 21.5. The standard InChI is InChI=1S/C28H31N5O4/c1-5-6-11-25-31-26-23(16-22(18(2)29-26)30-27(34)32(3)4)33(25)17-19-12-14-20(15-13-19)21-9-7-8-10-24(21)37-28(35)36/h7-10,12-16H,5-6,11,17H2,1-4H3,(H,30,34)(H,35,36). The van der Waals surface area contributed by atoms with Gasteiger partial charge < -0.3 is 24.6 Å². The number of pyridine rings is 1. The molecule has 2 N–H and O–H groups in total. The van der Waals surface area contributed by atoms with E-state index in [2.05, 4.69) is 21.8 Å². The summed E-state index contributed by atoms with van der Waals surface area (Å²) in [5, 5.41) is 12.0. The molecule has 2 aromatic carbocycles. The number of aromatic nitrogens is 3. The van der Waals surface area contributed by atoms with Gasteiger partial charge in [0.25, 0.3) is 0 Å². The van der Waals surface area contributed by atoms with Crippen LogP contribution in [0.2, 0.25) is 0 Å². The summed E-state index contributed by atoms with van der Waals surface area (Å²) in [4.78, 5) is 34.3. The zero-order valence-electron chi connectivity index (χ0n) is 21.5. The lowest BCUT2D eigenvalue weighted by Gasteiger charge is -2.14. The number of carbonyl (C=O) groups excluding carboxylic acids is 1. The molecule has 0 atom stereocenters. The molecular weight excluding hydrogens is 470 g/mol. The summed E-state index contributed by atoms with van der Waals surface area (Å²) < 4.78 is 7.10. The summed E-state index contributed by atoms with van der Waals surface area (Å²) >= 11 is 0. The van der Waals surface area contributed by atoms with Crippen LogP contribution in [-0.4, -0.2) is 50.8 Å². The number of rotatable bonds is 8. The van der Waals surface area contributed by atoms with Crippen LogP contribution in [0, 0.1) is 6.92 Å². The summed E-state index contributed by atoms with van der Waals surface area (Å²) in [5.41, 5.74) is 5.48. The van der Waals surface area contributed by atoms with Gasteiger partial charge in [0, 0.05) is 32.6 Å². The second-order valence-corrected chi connectivity index (χ2v) is 9.07. The molecule has 37 heavy (non-hydrogen) atoms. The Kier molecular flexibility index (Phi) is 7.71. The number of fused-ring (bicyclic) bond motifs is 1. The molecule has 2 amide bonds. The van der Waals surface area contributed by atoms with Gasteiger partial charge in [-0.15, -0.1) is 0 Å². The first kappa shape index (κ1) is 25.7. The molecule has 192 valence electrons. The first-order valence-corrected chi connectivity index (χ1v) is 12.2. The number of anilines is 1. The highest BCUT2D eigenvalue weighted by Gasteiger charge is 2.17. The van der Waals surface area contributed by atoms with Gasteiger partial charge in [-0.3, -0.25) is 0 Å². The van der Waals surface area contributed by atoms with Crippen molar-refractivity contribution in [3.05, 3.63) is 71.7 Å². The quantitative estimate of drug-likeness (QED) is 0.228. The lowest BCUT2D eigenvalue weighted by Crippen LogP contribution is -2.27. The average molecular weight is 502 g/mol. The van der Waals surface area contributed by atoms with Crippen molar-refractivity contribution in [2.45, 2.75) is 39.7 Å². The third-order valence-corrected chi connectivity index (χ3v) is 6.10. The Morgan fingerprint density at radius 2 is 1.81 bits per heavy atom. The number of hydrogen-bond donors (Lipinski definition) is 2. The largest absolute Gasteiger partial charge is 0.511 e. The van der Waals surface area contributed by atoms with Crippen molar-refractivity contribution in [1.29, 1.82) is 0 Å². The van der Waals surface area contributed by atoms with Crippen molar-refractivity contribution in [3.8, 4) is 16.9 Å². The fourth-order valence-corrected chi connectivity index (χ4v) is 4.10. The fourth-order valence-electron chi connectivity index (χ4n) is 4.10. The molecule has 0 fully saturated rings. The third-order valence-electron chi connectivity index (χ3n) is 6.10. The van der Waals surface area contributed by atoms with Crippen molar-refractivity contribution in [3.63, 3.8) is 0 Å². The number of amides is 2. The van der Waals surface area contributed by atoms with Crippen LogP contribution in [0.15, 0.2) is 54.6 Å². The number of hydrogen-bond acceptors (Lipinski definition) is 5. The Morgan fingerprint density at radius 1 is 1.08 bits per heavy atom. The number of imidazole rings is 1. The van der Waals surface area contributed by atoms with Gasteiger partial charge in [0.1, 0.15) is 11.6 Å². The minimum Gasteiger partial charge on any atom is -0.449 e. The molecule has 9 heteroatoms. The number of carbonyl (C=O) groups is 2. The highest BCUT2D eigenvalue weighted by Crippen LogP contribution is 2.31. The van der Waals surface area contributed by atoms with E-state index in [0.29, 0.717) is 34.9 Å². The molecule has 0 radical (unpaired) electrons. The number of aryl methyl sites for hydroxylation is 2. The molecule has 0 aliphatic carbocycles. The van der Waals surface area contributed by atoms with Crippen LogP contribution in [0.3, 0.4) is 0 Å². The van der Waals surface area contributed by atoms with Crippen LogP contribution in [0.25, 0.3) is 22.3 Å². The van der Waals surface area contributed by atoms with E-state index >= 15 is 0 Å². The van der Waals surface area contributed by atoms with E-state index in [-0.39, 0.29) is 6.03 Å². The molecule has 9 nitrogen and oxygen atoms in total. The molecule has 2 aromatic heterocycles. The summed E-state index contributed by atoms with van der Waals surface area (Å²) in [5.74, 6) is 1.24. The Labute approximate surface area is 215 Å². The van der Waals surface area contributed by atoms with E-state index in [1.165, 1.54) is 4.90 Å². The second-order valence-electron chi connectivity index (χ2n) is 9.07. The van der Waals surface area contributed by atoms with E-state index in [1.54, 1.807) is 26.2 Å². The van der Waals surface area contributed by atoms with Gasteiger partial charge in [-0.2, -0.15) is 0 Å². The SMILES string of the molecule is CCCCc1nc2nc(C)c(NC(=O)N(C)C)cc2n1Cc1ccc(-c2ccccc2OC(=O)O)cc1. The van der Waals surface area contributed by atoms with Gasteiger partial charge >= 0.3 is 12.2 Å². The van der Waals surface area contributed by atoms with Gasteiger partial charge in [0.2, 0.25) is 0 Å². The maximum absolute atomic E-state index is 12.3. The molecule has 0 saturated carbocycles. The number of nitrogens with zero attached hydrogens (tertiary/aromatic N) is 4. The van der Waals surface area contributed by atoms with Gasteiger partial charge in [-0.1, -0.05) is 55.8 Å². The number of benzene rings is 2. The van der Waals surface area contributed by atoms with Crippen LogP contribution in [-0.2, 0) is 13.0 Å². The average Bonchev–Trinajstić information content (AvgIpc) is 3.19. The summed E-state index contributed by atoms with van der Waals surface area (Å²) in [6, 6.07) is 16.7. The molecule has 0 spiro atoms. The Bertz CT molecular complexity index is 1430. The minimum atomic E-state index is -1.35. The van der Waals surface area contributed by atoms with Gasteiger partial charge in [0.15, 0.2) is 5.65 Å². The van der Waals surface area contributed by atoms with Gasteiger partial charge in [-0.05, 0) is 36.6 Å². The zero-order chi connectivity index (χ0) is 26.5. The topological polar surface area (TPSA) is 110 Å². The lowest BCUT2D eigenvalue weighted by atomic mass is 10.0. The predicted octanol–water partition coefficient (Wildman–Crippen LogP) is 5.95. The number of urea groups is 1. The number of ether oxygens (including phenoxy) is 1. The van der Waals surface area contributed by atoms with Crippen LogP contribution >= 0.6 is 0 Å². The predicted molar refractivity (Wildman–Crippen MR) is 143 cm³/mol. The fraction of sp³-hybridized carbons (Fsp3) is 0.286. The third kappa shape index (κ3) is 5.88. The maximum atomic E-state index is 12.3. The van der Waals surface area contributed by atoms with Gasteiger partial charge in [-0.25, -0.2) is 19.6 Å². The van der Waals surface area contributed by atoms with E-state index in [1.807, 2.05) is 49.4 Å². The van der Waals surface area contributed by atoms with Crippen molar-refractivity contribution >= 4 is 29.0 Å². The summed E-state index contributed by atoms with van der Waals surface area (Å²) in [6.45, 7) is 4.59. The molecule has 0 saturated heterocycles. The Balaban J connectivity index is 1.69. The molecule has 0 aliphatic rings. The first-order chi connectivity index (χ1) is 17.8. The van der Waals surface area contributed by atoms with E-state index in [0.717, 1.165) is 41.7 Å². The monoisotopic (exact) mass is 501 g/mol. The minimum absolute atomic E-state index is 0.218. The van der Waals surface area contributed by atoms with E-state index < -0.39 is 6.16 Å². The summed E-state index contributed by atoms with van der Waals surface area (Å²) in [6.07, 6.45) is 1.53. The molecule has 4 aromatic rings. The number of nitrogens with one attached hydrogen (secondary N) is 1. The number of carboxylic acid groups (broad SMARTS) is 1. The normalized spacial score (nSPS) is 10.9. The molecule has 2 heterocycles. The Morgan fingerprint density at radius 3 is 2.49 bits per heavy atom. The smallest absolute Gasteiger partial charge is 0.449 e. The summed E-state index contributed by atoms with van der Waals surface area (Å²) in [7, 11) is 3.39. The van der Waals surface area contributed by atoms with Crippen molar-refractivity contribution in [2.24, 2.45) is 0 Å². The van der Waals surface area contributed by atoms with E-state index in [9.17, 15) is 9.59 Å². The second kappa shape index (κ2) is 11.1. The highest BCUT2D eigenvalue weighted by molar-refractivity contribution is 5.91.